The molecule has 8 nitrogen and oxygen atoms in total. The summed E-state index contributed by atoms with van der Waals surface area (Å²) >= 11 is 0. The number of hydrogen-bond donors (Lipinski definition) is 1. The first-order valence-electron chi connectivity index (χ1n) is 6.10. The van der Waals surface area contributed by atoms with Gasteiger partial charge >= 0.3 is 5.97 Å². The van der Waals surface area contributed by atoms with Gasteiger partial charge in [0.05, 0.1) is 24.4 Å². The Morgan fingerprint density at radius 1 is 1.30 bits per heavy atom. The lowest BCUT2D eigenvalue weighted by Gasteiger charge is -1.94. The summed E-state index contributed by atoms with van der Waals surface area (Å²) in [5, 5.41) is 16.5. The molecule has 0 saturated carbocycles. The Labute approximate surface area is 113 Å². The third kappa shape index (κ3) is 2.63. The van der Waals surface area contributed by atoms with Crippen molar-refractivity contribution in [3.63, 3.8) is 0 Å². The highest BCUT2D eigenvalue weighted by Gasteiger charge is 2.07. The van der Waals surface area contributed by atoms with E-state index >= 15 is 0 Å². The number of hydrogen-bond acceptors (Lipinski definition) is 5. The third-order valence-corrected chi connectivity index (χ3v) is 2.79. The minimum Gasteiger partial charge on any atom is -0.481 e. The van der Waals surface area contributed by atoms with Gasteiger partial charge in [-0.05, 0) is 6.07 Å². The van der Waals surface area contributed by atoms with Crippen molar-refractivity contribution < 1.29 is 9.90 Å². The van der Waals surface area contributed by atoms with Crippen LogP contribution in [-0.2, 0) is 17.8 Å². The molecule has 0 saturated heterocycles. The highest BCUT2D eigenvalue weighted by atomic mass is 16.4. The molecule has 0 radical (unpaired) electrons. The molecule has 0 fully saturated rings. The number of carboxylic acids is 1. The Morgan fingerprint density at radius 2 is 2.20 bits per heavy atom. The molecular formula is C12H12N6O2. The summed E-state index contributed by atoms with van der Waals surface area (Å²) in [6.07, 6.45) is 7.60. The molecule has 0 atom stereocenters. The Hall–Kier alpha value is -2.77. The molecule has 0 aliphatic heterocycles. The van der Waals surface area contributed by atoms with Crippen molar-refractivity contribution in [1.82, 2.24) is 29.4 Å². The molecule has 0 aliphatic rings. The van der Waals surface area contributed by atoms with Gasteiger partial charge in [0.15, 0.2) is 0 Å². The van der Waals surface area contributed by atoms with E-state index in [4.69, 9.17) is 5.11 Å². The predicted octanol–water partition coefficient (Wildman–Crippen LogP) is 0.386. The smallest absolute Gasteiger partial charge is 0.303 e. The molecule has 3 heterocycles. The molecule has 3 aromatic heterocycles. The molecular weight excluding hydrogens is 260 g/mol. The normalized spacial score (nSPS) is 11.0. The van der Waals surface area contributed by atoms with E-state index in [0.29, 0.717) is 24.4 Å². The van der Waals surface area contributed by atoms with Gasteiger partial charge in [0.2, 0.25) is 5.78 Å². The number of rotatable bonds is 5. The summed E-state index contributed by atoms with van der Waals surface area (Å²) in [5.41, 5.74) is 1.48. The van der Waals surface area contributed by atoms with E-state index in [-0.39, 0.29) is 6.42 Å². The topological polar surface area (TPSA) is 98.2 Å². The first kappa shape index (κ1) is 12.3. The summed E-state index contributed by atoms with van der Waals surface area (Å²) in [6.45, 7) is 0.476. The standard InChI is InChI=1S/C12H12N6O2/c19-11(20)3-2-9-7-18(16-15-9)8-10-6-17-5-1-4-13-12(17)14-10/h1,4-7H,2-3,8H2,(H,19,20). The second-order valence-electron chi connectivity index (χ2n) is 4.36. The number of imidazole rings is 1. The van der Waals surface area contributed by atoms with Gasteiger partial charge in [-0.1, -0.05) is 5.21 Å². The van der Waals surface area contributed by atoms with Gasteiger partial charge in [0, 0.05) is 31.2 Å². The van der Waals surface area contributed by atoms with Gasteiger partial charge in [0.1, 0.15) is 0 Å². The number of nitrogens with zero attached hydrogens (tertiary/aromatic N) is 6. The van der Waals surface area contributed by atoms with Gasteiger partial charge in [-0.2, -0.15) is 0 Å². The summed E-state index contributed by atoms with van der Waals surface area (Å²) < 4.78 is 3.47. The SMILES string of the molecule is O=C(O)CCc1cn(Cc2cn3cccnc3n2)nn1. The van der Waals surface area contributed by atoms with Gasteiger partial charge in [-0.3, -0.25) is 9.20 Å². The van der Waals surface area contributed by atoms with Crippen molar-refractivity contribution in [2.45, 2.75) is 19.4 Å². The highest BCUT2D eigenvalue weighted by molar-refractivity contribution is 5.66. The lowest BCUT2D eigenvalue weighted by Crippen LogP contribution is -2.00. The van der Waals surface area contributed by atoms with Crippen molar-refractivity contribution in [3.05, 3.63) is 42.2 Å². The second kappa shape index (κ2) is 5.08. The summed E-state index contributed by atoms with van der Waals surface area (Å²) in [7, 11) is 0. The fourth-order valence-electron chi connectivity index (χ4n) is 1.89. The Kier molecular flexibility index (Phi) is 3.12. The molecule has 20 heavy (non-hydrogen) atoms. The molecule has 0 spiro atoms. The van der Waals surface area contributed by atoms with Crippen LogP contribution in [0.2, 0.25) is 0 Å². The van der Waals surface area contributed by atoms with Gasteiger partial charge < -0.3 is 5.11 Å². The number of fused-ring (bicyclic) bond motifs is 1. The molecule has 0 bridgehead atoms. The van der Waals surface area contributed by atoms with E-state index in [1.165, 1.54) is 0 Å². The molecule has 8 heteroatoms. The predicted molar refractivity (Wildman–Crippen MR) is 68.1 cm³/mol. The molecule has 0 unspecified atom stereocenters. The van der Waals surface area contributed by atoms with Crippen LogP contribution in [0.15, 0.2) is 30.9 Å². The Bertz CT molecular complexity index is 714. The van der Waals surface area contributed by atoms with Crippen LogP contribution < -0.4 is 0 Å². The van der Waals surface area contributed by atoms with E-state index in [0.717, 1.165) is 5.69 Å². The fourth-order valence-corrected chi connectivity index (χ4v) is 1.89. The van der Waals surface area contributed by atoms with Gasteiger partial charge in [-0.25, -0.2) is 14.6 Å². The van der Waals surface area contributed by atoms with E-state index in [1.54, 1.807) is 17.1 Å². The second-order valence-corrected chi connectivity index (χ2v) is 4.36. The number of aryl methyl sites for hydroxylation is 1. The number of aromatic nitrogens is 6. The summed E-state index contributed by atoms with van der Waals surface area (Å²) in [5.74, 6) is -0.209. The van der Waals surface area contributed by atoms with E-state index in [9.17, 15) is 4.79 Å². The first-order chi connectivity index (χ1) is 9.70. The van der Waals surface area contributed by atoms with Crippen LogP contribution in [0.5, 0.6) is 0 Å². The minimum absolute atomic E-state index is 0.0526. The van der Waals surface area contributed by atoms with E-state index < -0.39 is 5.97 Å². The fraction of sp³-hybridized carbons (Fsp3) is 0.250. The number of aliphatic carboxylic acids is 1. The largest absolute Gasteiger partial charge is 0.481 e. The van der Waals surface area contributed by atoms with E-state index in [2.05, 4.69) is 20.3 Å². The zero-order valence-corrected chi connectivity index (χ0v) is 10.5. The maximum absolute atomic E-state index is 10.5. The summed E-state index contributed by atoms with van der Waals surface area (Å²) in [6, 6.07) is 1.83. The lowest BCUT2D eigenvalue weighted by molar-refractivity contribution is -0.136. The molecule has 1 N–H and O–H groups in total. The average Bonchev–Trinajstić information content (AvgIpc) is 3.02. The van der Waals surface area contributed by atoms with Crippen LogP contribution >= 0.6 is 0 Å². The maximum atomic E-state index is 10.5. The molecule has 3 aromatic rings. The Morgan fingerprint density at radius 3 is 3.00 bits per heavy atom. The number of carboxylic acid groups (broad SMARTS) is 1. The van der Waals surface area contributed by atoms with Gasteiger partial charge in [-0.15, -0.1) is 5.10 Å². The lowest BCUT2D eigenvalue weighted by atomic mass is 10.2. The first-order valence-corrected chi connectivity index (χ1v) is 6.10. The van der Waals surface area contributed by atoms with Crippen molar-refractivity contribution in [1.29, 1.82) is 0 Å². The quantitative estimate of drug-likeness (QED) is 0.721. The van der Waals surface area contributed by atoms with Crippen LogP contribution in [0, 0.1) is 0 Å². The monoisotopic (exact) mass is 272 g/mol. The molecule has 3 rings (SSSR count). The van der Waals surface area contributed by atoms with E-state index in [1.807, 2.05) is 22.9 Å². The van der Waals surface area contributed by atoms with Crippen LogP contribution in [0.1, 0.15) is 17.8 Å². The van der Waals surface area contributed by atoms with Crippen LogP contribution in [0.3, 0.4) is 0 Å². The molecule has 102 valence electrons. The zero-order valence-electron chi connectivity index (χ0n) is 10.5. The average molecular weight is 272 g/mol. The van der Waals surface area contributed by atoms with Crippen molar-refractivity contribution in [2.75, 3.05) is 0 Å². The maximum Gasteiger partial charge on any atom is 0.303 e. The van der Waals surface area contributed by atoms with Crippen molar-refractivity contribution in [3.8, 4) is 0 Å². The Balaban J connectivity index is 1.72. The van der Waals surface area contributed by atoms with Crippen LogP contribution in [-0.4, -0.2) is 40.4 Å². The summed E-state index contributed by atoms with van der Waals surface area (Å²) in [4.78, 5) is 19.0. The van der Waals surface area contributed by atoms with Crippen molar-refractivity contribution in [2.24, 2.45) is 0 Å². The van der Waals surface area contributed by atoms with Crippen LogP contribution in [0.25, 0.3) is 5.78 Å². The minimum atomic E-state index is -0.842. The van der Waals surface area contributed by atoms with Crippen molar-refractivity contribution >= 4 is 11.7 Å². The van der Waals surface area contributed by atoms with Crippen LogP contribution in [0.4, 0.5) is 0 Å². The van der Waals surface area contributed by atoms with Gasteiger partial charge in [0.25, 0.3) is 0 Å². The molecule has 0 aromatic carbocycles. The number of carbonyl (C=O) groups is 1. The zero-order chi connectivity index (χ0) is 13.9. The third-order valence-electron chi connectivity index (χ3n) is 2.79. The molecule has 0 amide bonds. The molecule has 0 aliphatic carbocycles. The highest BCUT2D eigenvalue weighted by Crippen LogP contribution is 2.05.